The van der Waals surface area contributed by atoms with E-state index in [4.69, 9.17) is 9.47 Å². The van der Waals surface area contributed by atoms with Gasteiger partial charge >= 0.3 is 0 Å². The van der Waals surface area contributed by atoms with Gasteiger partial charge in [-0.25, -0.2) is 0 Å². The topological polar surface area (TPSA) is 33.7 Å². The van der Waals surface area contributed by atoms with Gasteiger partial charge in [0, 0.05) is 19.1 Å². The Labute approximate surface area is 140 Å². The summed E-state index contributed by atoms with van der Waals surface area (Å²) < 4.78 is 11.2. The van der Waals surface area contributed by atoms with Gasteiger partial charge in [-0.05, 0) is 62.4 Å². The molecule has 1 saturated carbocycles. The zero-order valence-electron chi connectivity index (χ0n) is 14.5. The van der Waals surface area contributed by atoms with Gasteiger partial charge in [-0.15, -0.1) is 0 Å². The maximum absolute atomic E-state index is 5.71. The second-order valence-corrected chi connectivity index (χ2v) is 6.85. The monoisotopic (exact) mass is 318 g/mol. The van der Waals surface area contributed by atoms with Gasteiger partial charge in [0.25, 0.3) is 0 Å². The Morgan fingerprint density at radius 2 is 2.09 bits per heavy atom. The zero-order chi connectivity index (χ0) is 16.1. The molecular weight excluding hydrogens is 288 g/mol. The van der Waals surface area contributed by atoms with Crippen molar-refractivity contribution in [1.29, 1.82) is 0 Å². The van der Waals surface area contributed by atoms with Crippen molar-refractivity contribution >= 4 is 0 Å². The van der Waals surface area contributed by atoms with Crippen LogP contribution in [0.1, 0.15) is 38.2 Å². The van der Waals surface area contributed by atoms with Gasteiger partial charge in [0.05, 0.1) is 13.7 Å². The van der Waals surface area contributed by atoms with E-state index in [9.17, 15) is 0 Å². The fourth-order valence-corrected chi connectivity index (χ4v) is 3.37. The third-order valence-corrected chi connectivity index (χ3v) is 4.83. The van der Waals surface area contributed by atoms with Gasteiger partial charge in [0.1, 0.15) is 0 Å². The molecule has 1 unspecified atom stereocenters. The summed E-state index contributed by atoms with van der Waals surface area (Å²) in [5.41, 5.74) is 1.25. The number of rotatable bonds is 9. The minimum Gasteiger partial charge on any atom is -0.493 e. The van der Waals surface area contributed by atoms with Crippen molar-refractivity contribution in [2.75, 3.05) is 33.4 Å². The van der Waals surface area contributed by atoms with Crippen LogP contribution in [0.3, 0.4) is 0 Å². The molecule has 0 aromatic heterocycles. The molecule has 128 valence electrons. The second kappa shape index (κ2) is 8.02. The first kappa shape index (κ1) is 16.6. The first-order valence-electron chi connectivity index (χ1n) is 9.04. The predicted octanol–water partition coefficient (Wildman–Crippen LogP) is 3.06. The third kappa shape index (κ3) is 4.61. The first-order valence-corrected chi connectivity index (χ1v) is 9.04. The van der Waals surface area contributed by atoms with Crippen LogP contribution in [0.2, 0.25) is 0 Å². The van der Waals surface area contributed by atoms with Crippen molar-refractivity contribution in [1.82, 2.24) is 10.2 Å². The van der Waals surface area contributed by atoms with Crippen molar-refractivity contribution in [3.05, 3.63) is 23.8 Å². The van der Waals surface area contributed by atoms with Crippen molar-refractivity contribution in [3.8, 4) is 11.5 Å². The van der Waals surface area contributed by atoms with Gasteiger partial charge in [0.15, 0.2) is 11.5 Å². The van der Waals surface area contributed by atoms with Crippen LogP contribution < -0.4 is 14.8 Å². The Balaban J connectivity index is 1.44. The Bertz CT molecular complexity index is 502. The molecule has 3 rings (SSSR count). The zero-order valence-corrected chi connectivity index (χ0v) is 14.5. The highest BCUT2D eigenvalue weighted by Crippen LogP contribution is 2.31. The Morgan fingerprint density at radius 1 is 1.22 bits per heavy atom. The van der Waals surface area contributed by atoms with Gasteiger partial charge in [-0.2, -0.15) is 0 Å². The molecule has 0 spiro atoms. The summed E-state index contributed by atoms with van der Waals surface area (Å²) in [5, 5.41) is 3.61. The van der Waals surface area contributed by atoms with Crippen molar-refractivity contribution in [2.45, 2.75) is 45.2 Å². The number of methoxy groups -OCH3 is 1. The summed E-state index contributed by atoms with van der Waals surface area (Å²) in [7, 11) is 1.70. The number of benzene rings is 1. The van der Waals surface area contributed by atoms with E-state index in [1.54, 1.807) is 7.11 Å². The highest BCUT2D eigenvalue weighted by atomic mass is 16.5. The van der Waals surface area contributed by atoms with Crippen molar-refractivity contribution < 1.29 is 9.47 Å². The number of likely N-dealkylation sites (tertiary alicyclic amines) is 1. The number of hydrogen-bond acceptors (Lipinski definition) is 4. The van der Waals surface area contributed by atoms with Crippen LogP contribution in [0.25, 0.3) is 0 Å². The maximum Gasteiger partial charge on any atom is 0.161 e. The highest BCUT2D eigenvalue weighted by molar-refractivity contribution is 5.42. The van der Waals surface area contributed by atoms with E-state index in [2.05, 4.69) is 29.3 Å². The molecule has 1 saturated heterocycles. The number of ether oxygens (including phenoxy) is 2. The molecule has 1 aliphatic heterocycles. The van der Waals surface area contributed by atoms with Gasteiger partial charge < -0.3 is 19.7 Å². The summed E-state index contributed by atoms with van der Waals surface area (Å²) in [6.45, 7) is 7.42. The molecule has 2 aliphatic rings. The van der Waals surface area contributed by atoms with E-state index in [-0.39, 0.29) is 0 Å². The molecule has 4 heteroatoms. The van der Waals surface area contributed by atoms with E-state index in [0.29, 0.717) is 0 Å². The summed E-state index contributed by atoms with van der Waals surface area (Å²) in [6.07, 6.45) is 5.20. The first-order chi connectivity index (χ1) is 11.3. The third-order valence-electron chi connectivity index (χ3n) is 4.83. The highest BCUT2D eigenvalue weighted by Gasteiger charge is 2.33. The molecule has 1 N–H and O–H groups in total. The van der Waals surface area contributed by atoms with Crippen LogP contribution in [0.5, 0.6) is 11.5 Å². The molecule has 4 nitrogen and oxygen atoms in total. The lowest BCUT2D eigenvalue weighted by Crippen LogP contribution is -2.27. The molecular formula is C19H30N2O2. The van der Waals surface area contributed by atoms with Crippen LogP contribution in [0.15, 0.2) is 18.2 Å². The summed E-state index contributed by atoms with van der Waals surface area (Å²) in [6, 6.07) is 7.16. The minimum absolute atomic E-state index is 0.729. The lowest BCUT2D eigenvalue weighted by molar-refractivity contribution is 0.294. The fourth-order valence-electron chi connectivity index (χ4n) is 3.37. The molecule has 1 atom stereocenters. The predicted molar refractivity (Wildman–Crippen MR) is 93.2 cm³/mol. The second-order valence-electron chi connectivity index (χ2n) is 6.85. The fraction of sp³-hybridized carbons (Fsp3) is 0.684. The van der Waals surface area contributed by atoms with Crippen LogP contribution in [0.4, 0.5) is 0 Å². The Kier molecular flexibility index (Phi) is 5.79. The standard InChI is InChI=1S/C19H30N2O2/c1-3-10-23-18-7-4-15(11-19(18)22-2)12-20-13-16-8-9-21(14-16)17-5-6-17/h4,7,11,16-17,20H,3,5-6,8-10,12-14H2,1-2H3. The number of hydrogen-bond donors (Lipinski definition) is 1. The normalized spacial score (nSPS) is 21.6. The summed E-state index contributed by atoms with van der Waals surface area (Å²) >= 11 is 0. The van der Waals surface area contributed by atoms with Gasteiger partial charge in [0.2, 0.25) is 0 Å². The van der Waals surface area contributed by atoms with Crippen LogP contribution >= 0.6 is 0 Å². The molecule has 23 heavy (non-hydrogen) atoms. The molecule has 0 radical (unpaired) electrons. The van der Waals surface area contributed by atoms with E-state index in [1.807, 2.05) is 6.07 Å². The Morgan fingerprint density at radius 3 is 2.83 bits per heavy atom. The summed E-state index contributed by atoms with van der Waals surface area (Å²) in [4.78, 5) is 2.68. The van der Waals surface area contributed by atoms with Crippen molar-refractivity contribution in [3.63, 3.8) is 0 Å². The van der Waals surface area contributed by atoms with Gasteiger partial charge in [-0.3, -0.25) is 0 Å². The summed E-state index contributed by atoms with van der Waals surface area (Å²) in [5.74, 6) is 2.48. The molecule has 1 aromatic carbocycles. The van der Waals surface area contributed by atoms with E-state index < -0.39 is 0 Å². The lowest BCUT2D eigenvalue weighted by atomic mass is 10.1. The molecule has 1 aliphatic carbocycles. The van der Waals surface area contributed by atoms with Crippen LogP contribution in [0, 0.1) is 5.92 Å². The van der Waals surface area contributed by atoms with E-state index in [1.165, 1.54) is 37.9 Å². The molecule has 1 heterocycles. The molecule has 2 fully saturated rings. The Hall–Kier alpha value is -1.26. The van der Waals surface area contributed by atoms with Gasteiger partial charge in [-0.1, -0.05) is 13.0 Å². The lowest BCUT2D eigenvalue weighted by Gasteiger charge is -2.15. The number of nitrogens with one attached hydrogen (secondary N) is 1. The quantitative estimate of drug-likeness (QED) is 0.759. The van der Waals surface area contributed by atoms with Crippen molar-refractivity contribution in [2.24, 2.45) is 5.92 Å². The molecule has 0 amide bonds. The van der Waals surface area contributed by atoms with E-state index in [0.717, 1.165) is 49.6 Å². The SMILES string of the molecule is CCCOc1ccc(CNCC2CCN(C3CC3)C2)cc1OC. The van der Waals surface area contributed by atoms with Crippen LogP contribution in [-0.2, 0) is 6.54 Å². The van der Waals surface area contributed by atoms with Crippen LogP contribution in [-0.4, -0.2) is 44.3 Å². The largest absolute Gasteiger partial charge is 0.493 e. The smallest absolute Gasteiger partial charge is 0.161 e. The molecule has 1 aromatic rings. The molecule has 0 bridgehead atoms. The number of nitrogens with zero attached hydrogens (tertiary/aromatic N) is 1. The van der Waals surface area contributed by atoms with E-state index >= 15 is 0 Å². The average molecular weight is 318 g/mol. The maximum atomic E-state index is 5.71. The average Bonchev–Trinajstić information content (AvgIpc) is 3.33. The minimum atomic E-state index is 0.729.